The third-order valence-corrected chi connectivity index (χ3v) is 9.34. The normalized spacial score (nSPS) is 20.9. The zero-order chi connectivity index (χ0) is 28.1. The molecule has 3 aromatic heterocycles. The van der Waals surface area contributed by atoms with E-state index in [1.54, 1.807) is 24.4 Å². The second-order valence-corrected chi connectivity index (χ2v) is 11.9. The lowest BCUT2D eigenvalue weighted by Gasteiger charge is -2.35. The summed E-state index contributed by atoms with van der Waals surface area (Å²) in [5.41, 5.74) is 1.50. The summed E-state index contributed by atoms with van der Waals surface area (Å²) in [5, 5.41) is 30.4. The molecule has 1 saturated carbocycles. The summed E-state index contributed by atoms with van der Waals surface area (Å²) in [6.07, 6.45) is 2.60. The second kappa shape index (κ2) is 9.84. The quantitative estimate of drug-likeness (QED) is 0.344. The molecule has 206 valence electrons. The molecule has 1 aliphatic carbocycles. The maximum absolute atomic E-state index is 13.3. The number of fused-ring (bicyclic) bond motifs is 1. The SMILES string of the molecule is N#CC1(c2ccc(N[C@@H]3CCN(S(=O)(=O)c4ccc(-c5cn6c(C(F)F)nnc6cn5)cc4)C[C@@H]3O)nc2)CC1. The first-order chi connectivity index (χ1) is 19.2. The minimum atomic E-state index is -3.90. The first-order valence-electron chi connectivity index (χ1n) is 12.6. The number of pyridine rings is 1. The third-order valence-electron chi connectivity index (χ3n) is 7.46. The van der Waals surface area contributed by atoms with Gasteiger partial charge < -0.3 is 10.4 Å². The zero-order valence-corrected chi connectivity index (χ0v) is 21.8. The summed E-state index contributed by atoms with van der Waals surface area (Å²) in [6.45, 7) is 0.0936. The smallest absolute Gasteiger partial charge is 0.297 e. The van der Waals surface area contributed by atoms with E-state index in [0.717, 1.165) is 22.8 Å². The fraction of sp³-hybridized carbons (Fsp3) is 0.346. The second-order valence-electron chi connectivity index (χ2n) is 9.98. The van der Waals surface area contributed by atoms with Crippen LogP contribution in [0.5, 0.6) is 0 Å². The molecule has 0 spiro atoms. The number of aliphatic hydroxyl groups excluding tert-OH is 1. The molecule has 1 saturated heterocycles. The molecule has 2 aliphatic rings. The summed E-state index contributed by atoms with van der Waals surface area (Å²) in [5.74, 6) is 0.0418. The van der Waals surface area contributed by atoms with Crippen LogP contribution in [0.25, 0.3) is 16.9 Å². The number of hydrogen-bond donors (Lipinski definition) is 2. The van der Waals surface area contributed by atoms with Crippen molar-refractivity contribution < 1.29 is 22.3 Å². The van der Waals surface area contributed by atoms with Crippen molar-refractivity contribution in [1.29, 1.82) is 5.26 Å². The number of piperidine rings is 1. The van der Waals surface area contributed by atoms with Crippen LogP contribution in [0, 0.1) is 11.3 Å². The molecule has 14 heteroatoms. The van der Waals surface area contributed by atoms with Crippen LogP contribution >= 0.6 is 0 Å². The fourth-order valence-electron chi connectivity index (χ4n) is 4.90. The van der Waals surface area contributed by atoms with Gasteiger partial charge >= 0.3 is 0 Å². The highest BCUT2D eigenvalue weighted by molar-refractivity contribution is 7.89. The molecule has 40 heavy (non-hydrogen) atoms. The van der Waals surface area contributed by atoms with E-state index in [1.165, 1.54) is 28.8 Å². The first-order valence-corrected chi connectivity index (χ1v) is 14.1. The van der Waals surface area contributed by atoms with Crippen LogP contribution in [0.4, 0.5) is 14.6 Å². The van der Waals surface area contributed by atoms with E-state index in [-0.39, 0.29) is 23.6 Å². The van der Waals surface area contributed by atoms with Gasteiger partial charge in [-0.3, -0.25) is 9.38 Å². The van der Waals surface area contributed by atoms with E-state index in [2.05, 4.69) is 31.6 Å². The number of sulfonamides is 1. The molecule has 4 aromatic rings. The highest BCUT2D eigenvalue weighted by atomic mass is 32.2. The van der Waals surface area contributed by atoms with Crippen molar-refractivity contribution in [1.82, 2.24) is 28.9 Å². The molecule has 0 amide bonds. The Morgan fingerprint density at radius 3 is 2.50 bits per heavy atom. The van der Waals surface area contributed by atoms with Crippen LogP contribution in [0.2, 0.25) is 0 Å². The first kappa shape index (κ1) is 26.2. The van der Waals surface area contributed by atoms with Gasteiger partial charge in [-0.25, -0.2) is 22.2 Å². The van der Waals surface area contributed by atoms with Crippen LogP contribution < -0.4 is 5.32 Å². The van der Waals surface area contributed by atoms with Crippen LogP contribution in [-0.4, -0.2) is 67.6 Å². The van der Waals surface area contributed by atoms with Gasteiger partial charge in [0.15, 0.2) is 5.65 Å². The molecule has 0 radical (unpaired) electrons. The number of anilines is 1. The van der Waals surface area contributed by atoms with Crippen LogP contribution in [0.15, 0.2) is 59.9 Å². The van der Waals surface area contributed by atoms with Crippen molar-refractivity contribution in [3.63, 3.8) is 0 Å². The van der Waals surface area contributed by atoms with Crippen LogP contribution in [-0.2, 0) is 15.4 Å². The zero-order valence-electron chi connectivity index (χ0n) is 21.0. The maximum Gasteiger partial charge on any atom is 0.297 e. The number of nitriles is 1. The van der Waals surface area contributed by atoms with Crippen molar-refractivity contribution >= 4 is 21.5 Å². The van der Waals surface area contributed by atoms with E-state index >= 15 is 0 Å². The highest BCUT2D eigenvalue weighted by Gasteiger charge is 2.45. The minimum absolute atomic E-state index is 0.0391. The van der Waals surface area contributed by atoms with Gasteiger partial charge in [-0.15, -0.1) is 10.2 Å². The Kier molecular flexibility index (Phi) is 6.44. The topological polar surface area (TPSA) is 149 Å². The Morgan fingerprint density at radius 1 is 1.10 bits per heavy atom. The maximum atomic E-state index is 13.3. The molecule has 2 fully saturated rings. The Morgan fingerprint density at radius 2 is 1.88 bits per heavy atom. The Bertz CT molecular complexity index is 1700. The fourth-order valence-corrected chi connectivity index (χ4v) is 6.37. The largest absolute Gasteiger partial charge is 0.390 e. The third kappa shape index (κ3) is 4.66. The van der Waals surface area contributed by atoms with Crippen LogP contribution in [0.3, 0.4) is 0 Å². The van der Waals surface area contributed by atoms with Crippen LogP contribution in [0.1, 0.15) is 37.1 Å². The summed E-state index contributed by atoms with van der Waals surface area (Å²) in [4.78, 5) is 8.64. The number of halogens is 2. The average molecular weight is 567 g/mol. The lowest BCUT2D eigenvalue weighted by molar-refractivity contribution is 0.0949. The van der Waals surface area contributed by atoms with Crippen molar-refractivity contribution in [2.75, 3.05) is 18.4 Å². The molecule has 4 heterocycles. The van der Waals surface area contributed by atoms with Crippen molar-refractivity contribution in [2.45, 2.75) is 48.1 Å². The molecule has 0 unspecified atom stereocenters. The van der Waals surface area contributed by atoms with Gasteiger partial charge in [0.05, 0.1) is 40.4 Å². The van der Waals surface area contributed by atoms with Gasteiger partial charge in [0.25, 0.3) is 6.43 Å². The van der Waals surface area contributed by atoms with Gasteiger partial charge in [0.2, 0.25) is 15.8 Å². The molecule has 2 N–H and O–H groups in total. The Hall–Kier alpha value is -4.06. The number of aromatic nitrogens is 5. The van der Waals surface area contributed by atoms with E-state index in [1.807, 2.05) is 6.07 Å². The minimum Gasteiger partial charge on any atom is -0.390 e. The molecule has 2 atom stereocenters. The predicted molar refractivity (Wildman–Crippen MR) is 139 cm³/mol. The molecule has 6 rings (SSSR count). The lowest BCUT2D eigenvalue weighted by Crippen LogP contribution is -2.51. The van der Waals surface area contributed by atoms with Gasteiger partial charge in [-0.1, -0.05) is 18.2 Å². The number of rotatable bonds is 7. The van der Waals surface area contributed by atoms with Crippen molar-refractivity contribution in [2.24, 2.45) is 0 Å². The number of alkyl halides is 2. The molecular formula is C26H24F2N8O3S. The number of hydrogen-bond acceptors (Lipinski definition) is 9. The number of benzene rings is 1. The van der Waals surface area contributed by atoms with Crippen molar-refractivity contribution in [3.8, 4) is 17.3 Å². The monoisotopic (exact) mass is 566 g/mol. The predicted octanol–water partition coefficient (Wildman–Crippen LogP) is 2.92. The van der Waals surface area contributed by atoms with E-state index in [4.69, 9.17) is 0 Å². The summed E-state index contributed by atoms with van der Waals surface area (Å²) < 4.78 is 55.4. The van der Waals surface area contributed by atoms with Gasteiger partial charge in [-0.05, 0) is 43.0 Å². The summed E-state index contributed by atoms with van der Waals surface area (Å²) >= 11 is 0. The lowest BCUT2D eigenvalue weighted by atomic mass is 10.00. The van der Waals surface area contributed by atoms with Gasteiger partial charge in [0.1, 0.15) is 5.82 Å². The highest BCUT2D eigenvalue weighted by Crippen LogP contribution is 2.47. The number of nitrogens with one attached hydrogen (secondary N) is 1. The van der Waals surface area contributed by atoms with E-state index in [0.29, 0.717) is 23.5 Å². The number of aliphatic hydroxyl groups is 1. The summed E-state index contributed by atoms with van der Waals surface area (Å²) in [7, 11) is -3.90. The van der Waals surface area contributed by atoms with Crippen molar-refractivity contribution in [3.05, 3.63) is 66.4 Å². The summed E-state index contributed by atoms with van der Waals surface area (Å²) in [6, 6.07) is 11.5. The van der Waals surface area contributed by atoms with Gasteiger partial charge in [0, 0.05) is 31.0 Å². The standard InChI is InChI=1S/C26H24F2N8O3S/c27-24(28)25-34-33-23-12-30-20(13-36(23)25)16-1-4-18(5-2-16)40(38,39)35-10-7-19(21(37)14-35)32-22-6-3-17(11-31-22)26(15-29)8-9-26/h1-6,11-13,19,21,24,37H,7-10,14H2,(H,31,32)/t19-,21+/m1/s1. The van der Waals surface area contributed by atoms with E-state index in [9.17, 15) is 27.6 Å². The Labute approximate surface area is 228 Å². The molecule has 1 aliphatic heterocycles. The molecule has 0 bridgehead atoms. The number of β-amino-alcohol motifs (C(OH)–C–C–N with tert-alkyl or cyclic N) is 1. The van der Waals surface area contributed by atoms with Gasteiger partial charge in [-0.2, -0.15) is 9.57 Å². The van der Waals surface area contributed by atoms with E-state index < -0.39 is 39.8 Å². The number of nitrogens with zero attached hydrogens (tertiary/aromatic N) is 7. The Balaban J connectivity index is 1.12. The molecule has 11 nitrogen and oxygen atoms in total. The molecule has 1 aromatic carbocycles. The average Bonchev–Trinajstić information content (AvgIpc) is 3.65. The molecular weight excluding hydrogens is 542 g/mol.